The van der Waals surface area contributed by atoms with Crippen molar-refractivity contribution in [3.63, 3.8) is 0 Å². The lowest BCUT2D eigenvalue weighted by Gasteiger charge is -2.10. The summed E-state index contributed by atoms with van der Waals surface area (Å²) in [6.07, 6.45) is 0. The number of nitrogens with zero attached hydrogens (tertiary/aromatic N) is 1. The minimum absolute atomic E-state index is 0.0322. The van der Waals surface area contributed by atoms with E-state index >= 15 is 0 Å². The summed E-state index contributed by atoms with van der Waals surface area (Å²) in [7, 11) is 3.74. The number of carbonyl (C=O) groups excluding carboxylic acids is 1. The molecule has 3 nitrogen and oxygen atoms in total. The molecule has 0 aliphatic heterocycles. The number of hydrogen-bond acceptors (Lipinski definition) is 3. The van der Waals surface area contributed by atoms with Crippen LogP contribution in [0.2, 0.25) is 0 Å². The molecule has 1 aromatic heterocycles. The zero-order valence-corrected chi connectivity index (χ0v) is 12.6. The lowest BCUT2D eigenvalue weighted by molar-refractivity contribution is 0.103. The Hall–Kier alpha value is -2.81. The van der Waals surface area contributed by atoms with Gasteiger partial charge in [0, 0.05) is 25.2 Å². The van der Waals surface area contributed by atoms with Crippen molar-refractivity contribution < 1.29 is 9.21 Å². The fraction of sp³-hybridized carbons (Fsp3) is 0.105. The van der Waals surface area contributed by atoms with Crippen molar-refractivity contribution in [1.82, 2.24) is 0 Å². The zero-order valence-electron chi connectivity index (χ0n) is 12.6. The zero-order chi connectivity index (χ0) is 15.5. The fourth-order valence-corrected chi connectivity index (χ4v) is 2.37. The fourth-order valence-electron chi connectivity index (χ4n) is 2.37. The standard InChI is InChI=1S/C19H17NO2/c1-20(2)19-16(18(21)15-11-7-4-8-12-15)13-17(22-19)14-9-5-3-6-10-14/h3-13H,1-2H3. The lowest BCUT2D eigenvalue weighted by atomic mass is 10.0. The van der Waals surface area contributed by atoms with E-state index in [0.29, 0.717) is 22.8 Å². The van der Waals surface area contributed by atoms with Gasteiger partial charge in [0.25, 0.3) is 0 Å². The van der Waals surface area contributed by atoms with Gasteiger partial charge in [-0.3, -0.25) is 4.79 Å². The summed E-state index contributed by atoms with van der Waals surface area (Å²) in [5, 5.41) is 0. The van der Waals surface area contributed by atoms with Crippen molar-refractivity contribution in [2.24, 2.45) is 0 Å². The molecule has 0 amide bonds. The van der Waals surface area contributed by atoms with E-state index in [9.17, 15) is 4.79 Å². The van der Waals surface area contributed by atoms with Gasteiger partial charge in [0.2, 0.25) is 5.88 Å². The van der Waals surface area contributed by atoms with Gasteiger partial charge in [-0.25, -0.2) is 0 Å². The van der Waals surface area contributed by atoms with Crippen molar-refractivity contribution in [1.29, 1.82) is 0 Å². The molecule has 2 aromatic carbocycles. The number of furan rings is 1. The van der Waals surface area contributed by atoms with Gasteiger partial charge in [0.15, 0.2) is 5.78 Å². The maximum absolute atomic E-state index is 12.7. The third-order valence-corrected chi connectivity index (χ3v) is 3.46. The van der Waals surface area contributed by atoms with Crippen LogP contribution in [0, 0.1) is 0 Å². The normalized spacial score (nSPS) is 10.5. The van der Waals surface area contributed by atoms with Crippen LogP contribution >= 0.6 is 0 Å². The summed E-state index contributed by atoms with van der Waals surface area (Å²) in [6, 6.07) is 20.9. The maximum atomic E-state index is 12.7. The molecule has 0 saturated heterocycles. The first-order valence-electron chi connectivity index (χ1n) is 7.13. The van der Waals surface area contributed by atoms with Crippen molar-refractivity contribution in [3.8, 4) is 11.3 Å². The van der Waals surface area contributed by atoms with Gasteiger partial charge in [0.05, 0.1) is 5.56 Å². The molecule has 110 valence electrons. The summed E-state index contributed by atoms with van der Waals surface area (Å²) < 4.78 is 5.91. The van der Waals surface area contributed by atoms with Gasteiger partial charge in [-0.2, -0.15) is 0 Å². The third kappa shape index (κ3) is 2.66. The molecule has 0 radical (unpaired) electrons. The Morgan fingerprint density at radius 1 is 0.909 bits per heavy atom. The second-order valence-corrected chi connectivity index (χ2v) is 5.29. The Balaban J connectivity index is 2.07. The summed E-state index contributed by atoms with van der Waals surface area (Å²) >= 11 is 0. The van der Waals surface area contributed by atoms with E-state index in [-0.39, 0.29) is 5.78 Å². The highest BCUT2D eigenvalue weighted by Gasteiger charge is 2.21. The van der Waals surface area contributed by atoms with Crippen LogP contribution in [0.25, 0.3) is 11.3 Å². The summed E-state index contributed by atoms with van der Waals surface area (Å²) in [5.74, 6) is 1.24. The van der Waals surface area contributed by atoms with Crippen molar-refractivity contribution in [3.05, 3.63) is 77.9 Å². The van der Waals surface area contributed by atoms with Gasteiger partial charge >= 0.3 is 0 Å². The molecule has 0 atom stereocenters. The first kappa shape index (κ1) is 14.1. The average Bonchev–Trinajstić information content (AvgIpc) is 3.01. The largest absolute Gasteiger partial charge is 0.440 e. The van der Waals surface area contributed by atoms with Crippen LogP contribution in [0.4, 0.5) is 5.88 Å². The van der Waals surface area contributed by atoms with Crippen LogP contribution in [0.3, 0.4) is 0 Å². The Kier molecular flexibility index (Phi) is 3.79. The number of hydrogen-bond donors (Lipinski definition) is 0. The first-order chi connectivity index (χ1) is 10.7. The number of ketones is 1. The number of benzene rings is 2. The monoisotopic (exact) mass is 291 g/mol. The molecular formula is C19H17NO2. The van der Waals surface area contributed by atoms with Crippen LogP contribution < -0.4 is 4.90 Å². The molecule has 0 unspecified atom stereocenters. The Bertz CT molecular complexity index is 774. The van der Waals surface area contributed by atoms with E-state index in [0.717, 1.165) is 5.56 Å². The van der Waals surface area contributed by atoms with Gasteiger partial charge in [-0.1, -0.05) is 60.7 Å². The van der Waals surface area contributed by atoms with E-state index in [1.165, 1.54) is 0 Å². The number of anilines is 1. The lowest BCUT2D eigenvalue weighted by Crippen LogP contribution is -2.12. The second-order valence-electron chi connectivity index (χ2n) is 5.29. The molecular weight excluding hydrogens is 274 g/mol. The van der Waals surface area contributed by atoms with Crippen LogP contribution in [0.5, 0.6) is 0 Å². The first-order valence-corrected chi connectivity index (χ1v) is 7.13. The Morgan fingerprint density at radius 3 is 2.09 bits per heavy atom. The number of rotatable bonds is 4. The van der Waals surface area contributed by atoms with Gasteiger partial charge in [-0.15, -0.1) is 0 Å². The van der Waals surface area contributed by atoms with Gasteiger partial charge in [0.1, 0.15) is 5.76 Å². The van der Waals surface area contributed by atoms with E-state index in [2.05, 4.69) is 0 Å². The van der Waals surface area contributed by atoms with Gasteiger partial charge in [-0.05, 0) is 6.07 Å². The predicted molar refractivity (Wildman–Crippen MR) is 88.3 cm³/mol. The van der Waals surface area contributed by atoms with Crippen LogP contribution in [0.15, 0.2) is 71.1 Å². The molecule has 0 aliphatic rings. The van der Waals surface area contributed by atoms with Crippen molar-refractivity contribution in [2.75, 3.05) is 19.0 Å². The molecule has 3 rings (SSSR count). The average molecular weight is 291 g/mol. The molecule has 22 heavy (non-hydrogen) atoms. The predicted octanol–water partition coefficient (Wildman–Crippen LogP) is 4.24. The molecule has 0 fully saturated rings. The second kappa shape index (κ2) is 5.90. The van der Waals surface area contributed by atoms with Crippen LogP contribution in [-0.4, -0.2) is 19.9 Å². The number of carbonyl (C=O) groups is 1. The third-order valence-electron chi connectivity index (χ3n) is 3.46. The van der Waals surface area contributed by atoms with E-state index in [4.69, 9.17) is 4.42 Å². The molecule has 0 N–H and O–H groups in total. The summed E-state index contributed by atoms with van der Waals surface area (Å²) in [6.45, 7) is 0. The van der Waals surface area contributed by atoms with E-state index in [1.54, 1.807) is 0 Å². The highest BCUT2D eigenvalue weighted by molar-refractivity contribution is 6.12. The van der Waals surface area contributed by atoms with Crippen LogP contribution in [-0.2, 0) is 0 Å². The summed E-state index contributed by atoms with van der Waals surface area (Å²) in [5.41, 5.74) is 2.19. The molecule has 0 spiro atoms. The highest BCUT2D eigenvalue weighted by Crippen LogP contribution is 2.32. The minimum Gasteiger partial charge on any atom is -0.440 e. The molecule has 0 aliphatic carbocycles. The Labute approximate surface area is 129 Å². The molecule has 0 saturated carbocycles. The quantitative estimate of drug-likeness (QED) is 0.674. The SMILES string of the molecule is CN(C)c1oc(-c2ccccc2)cc1C(=O)c1ccccc1. The van der Waals surface area contributed by atoms with Gasteiger partial charge < -0.3 is 9.32 Å². The smallest absolute Gasteiger partial charge is 0.206 e. The highest BCUT2D eigenvalue weighted by atomic mass is 16.4. The van der Waals surface area contributed by atoms with E-state index < -0.39 is 0 Å². The van der Waals surface area contributed by atoms with E-state index in [1.807, 2.05) is 85.7 Å². The Morgan fingerprint density at radius 2 is 1.50 bits per heavy atom. The molecule has 3 aromatic rings. The van der Waals surface area contributed by atoms with Crippen molar-refractivity contribution in [2.45, 2.75) is 0 Å². The molecule has 1 heterocycles. The molecule has 0 bridgehead atoms. The van der Waals surface area contributed by atoms with Crippen LogP contribution in [0.1, 0.15) is 15.9 Å². The minimum atomic E-state index is -0.0322. The topological polar surface area (TPSA) is 33.5 Å². The summed E-state index contributed by atoms with van der Waals surface area (Å²) in [4.78, 5) is 14.6. The maximum Gasteiger partial charge on any atom is 0.206 e. The van der Waals surface area contributed by atoms with Crippen molar-refractivity contribution >= 4 is 11.7 Å². The molecule has 3 heteroatoms.